The SMILES string of the molecule is CC(C)C(C)(C)OB(O)c1c[nH]c2ccc(F)cc12. The molecule has 19 heavy (non-hydrogen) atoms. The molecule has 0 spiro atoms. The number of benzene rings is 1. The number of rotatable bonds is 4. The van der Waals surface area contributed by atoms with Crippen molar-refractivity contribution in [3.63, 3.8) is 0 Å². The van der Waals surface area contributed by atoms with Gasteiger partial charge >= 0.3 is 7.12 Å². The number of halogens is 1. The highest BCUT2D eigenvalue weighted by Crippen LogP contribution is 2.22. The van der Waals surface area contributed by atoms with Crippen molar-refractivity contribution in [3.05, 3.63) is 30.2 Å². The minimum absolute atomic E-state index is 0.254. The first-order chi connectivity index (χ1) is 8.81. The van der Waals surface area contributed by atoms with E-state index in [-0.39, 0.29) is 11.7 Å². The fourth-order valence-electron chi connectivity index (χ4n) is 1.81. The summed E-state index contributed by atoms with van der Waals surface area (Å²) in [7, 11) is -1.08. The van der Waals surface area contributed by atoms with Crippen molar-refractivity contribution < 1.29 is 14.1 Å². The molecule has 0 amide bonds. The molecule has 0 atom stereocenters. The van der Waals surface area contributed by atoms with E-state index in [0.717, 1.165) is 5.52 Å². The molecule has 102 valence electrons. The Morgan fingerprint density at radius 2 is 2.05 bits per heavy atom. The van der Waals surface area contributed by atoms with Crippen molar-refractivity contribution in [3.8, 4) is 0 Å². The van der Waals surface area contributed by atoms with Crippen LogP contribution in [-0.4, -0.2) is 22.7 Å². The third kappa shape index (κ3) is 2.82. The molecule has 2 aromatic rings. The van der Waals surface area contributed by atoms with Crippen LogP contribution >= 0.6 is 0 Å². The molecule has 1 aromatic carbocycles. The van der Waals surface area contributed by atoms with Crippen molar-refractivity contribution in [1.29, 1.82) is 0 Å². The van der Waals surface area contributed by atoms with Gasteiger partial charge in [-0.2, -0.15) is 0 Å². The smallest absolute Gasteiger partial charge is 0.423 e. The van der Waals surface area contributed by atoms with E-state index < -0.39 is 12.7 Å². The van der Waals surface area contributed by atoms with E-state index in [1.807, 2.05) is 27.7 Å². The van der Waals surface area contributed by atoms with Gasteiger partial charge in [0.15, 0.2) is 0 Å². The van der Waals surface area contributed by atoms with Gasteiger partial charge in [0.05, 0.1) is 5.60 Å². The Morgan fingerprint density at radius 1 is 1.37 bits per heavy atom. The van der Waals surface area contributed by atoms with Gasteiger partial charge in [0.25, 0.3) is 0 Å². The average molecular weight is 263 g/mol. The molecule has 3 nitrogen and oxygen atoms in total. The van der Waals surface area contributed by atoms with E-state index in [9.17, 15) is 9.41 Å². The highest BCUT2D eigenvalue weighted by atomic mass is 19.1. The third-order valence-corrected chi connectivity index (χ3v) is 3.75. The average Bonchev–Trinajstić information content (AvgIpc) is 2.70. The first-order valence-corrected chi connectivity index (χ1v) is 6.43. The van der Waals surface area contributed by atoms with Crippen LogP contribution in [-0.2, 0) is 4.65 Å². The van der Waals surface area contributed by atoms with E-state index in [0.29, 0.717) is 10.8 Å². The molecule has 0 saturated carbocycles. The van der Waals surface area contributed by atoms with Crippen LogP contribution in [0.1, 0.15) is 27.7 Å². The summed E-state index contributed by atoms with van der Waals surface area (Å²) < 4.78 is 19.0. The van der Waals surface area contributed by atoms with E-state index >= 15 is 0 Å². The summed E-state index contributed by atoms with van der Waals surface area (Å²) in [4.78, 5) is 3.00. The first kappa shape index (κ1) is 14.1. The Labute approximate surface area is 112 Å². The molecule has 0 unspecified atom stereocenters. The summed E-state index contributed by atoms with van der Waals surface area (Å²) in [5.41, 5.74) is 0.876. The zero-order chi connectivity index (χ0) is 14.2. The van der Waals surface area contributed by atoms with Crippen LogP contribution < -0.4 is 5.46 Å². The summed E-state index contributed by atoms with van der Waals surface area (Å²) in [6, 6.07) is 4.43. The van der Waals surface area contributed by atoms with Crippen LogP contribution in [0.25, 0.3) is 10.9 Å². The number of hydrogen-bond donors (Lipinski definition) is 2. The van der Waals surface area contributed by atoms with Crippen LogP contribution in [0.4, 0.5) is 4.39 Å². The number of aromatic nitrogens is 1. The molecule has 0 bridgehead atoms. The van der Waals surface area contributed by atoms with Gasteiger partial charge in [-0.1, -0.05) is 13.8 Å². The molecular formula is C14H19BFNO2. The van der Waals surface area contributed by atoms with Crippen LogP contribution in [0.2, 0.25) is 0 Å². The van der Waals surface area contributed by atoms with E-state index in [2.05, 4.69) is 4.98 Å². The van der Waals surface area contributed by atoms with Crippen LogP contribution in [0, 0.1) is 11.7 Å². The molecule has 0 fully saturated rings. The quantitative estimate of drug-likeness (QED) is 0.832. The minimum atomic E-state index is -1.08. The summed E-state index contributed by atoms with van der Waals surface area (Å²) in [5, 5.41) is 10.9. The lowest BCUT2D eigenvalue weighted by atomic mass is 9.77. The molecule has 1 aromatic heterocycles. The maximum atomic E-state index is 13.3. The van der Waals surface area contributed by atoms with Gasteiger partial charge in [0.2, 0.25) is 0 Å². The molecule has 0 radical (unpaired) electrons. The fraction of sp³-hybridized carbons (Fsp3) is 0.429. The van der Waals surface area contributed by atoms with Gasteiger partial charge < -0.3 is 14.7 Å². The fourth-order valence-corrected chi connectivity index (χ4v) is 1.81. The van der Waals surface area contributed by atoms with Gasteiger partial charge in [-0.15, -0.1) is 0 Å². The Balaban J connectivity index is 2.31. The lowest BCUT2D eigenvalue weighted by Gasteiger charge is -2.31. The molecule has 0 saturated heterocycles. The Hall–Kier alpha value is -1.33. The zero-order valence-electron chi connectivity index (χ0n) is 11.7. The maximum Gasteiger partial charge on any atom is 0.493 e. The zero-order valence-corrected chi connectivity index (χ0v) is 11.7. The highest BCUT2D eigenvalue weighted by molar-refractivity contribution is 6.63. The van der Waals surface area contributed by atoms with Crippen molar-refractivity contribution in [2.24, 2.45) is 5.92 Å². The molecular weight excluding hydrogens is 244 g/mol. The summed E-state index contributed by atoms with van der Waals surface area (Å²) in [5.74, 6) is -0.0761. The lowest BCUT2D eigenvalue weighted by Crippen LogP contribution is -2.44. The largest absolute Gasteiger partial charge is 0.493 e. The van der Waals surface area contributed by atoms with Gasteiger partial charge in [0, 0.05) is 22.6 Å². The second kappa shape index (κ2) is 4.98. The number of nitrogens with one attached hydrogen (secondary N) is 1. The maximum absolute atomic E-state index is 13.3. The van der Waals surface area contributed by atoms with Crippen LogP contribution in [0.3, 0.4) is 0 Å². The predicted molar refractivity (Wildman–Crippen MR) is 75.9 cm³/mol. The summed E-state index contributed by atoms with van der Waals surface area (Å²) in [6.07, 6.45) is 1.66. The van der Waals surface area contributed by atoms with Crippen molar-refractivity contribution in [2.45, 2.75) is 33.3 Å². The topological polar surface area (TPSA) is 45.2 Å². The Kier molecular flexibility index (Phi) is 3.70. The third-order valence-electron chi connectivity index (χ3n) is 3.75. The van der Waals surface area contributed by atoms with Gasteiger partial charge in [-0.3, -0.25) is 0 Å². The van der Waals surface area contributed by atoms with Crippen LogP contribution in [0.5, 0.6) is 0 Å². The normalized spacial score (nSPS) is 12.4. The molecule has 0 aliphatic heterocycles. The van der Waals surface area contributed by atoms with E-state index in [1.54, 1.807) is 12.3 Å². The summed E-state index contributed by atoms with van der Waals surface area (Å²) >= 11 is 0. The van der Waals surface area contributed by atoms with E-state index in [1.165, 1.54) is 12.1 Å². The predicted octanol–water partition coefficient (Wildman–Crippen LogP) is 2.45. The number of H-pyrrole nitrogens is 1. The van der Waals surface area contributed by atoms with Gasteiger partial charge in [0.1, 0.15) is 5.82 Å². The Morgan fingerprint density at radius 3 is 2.68 bits per heavy atom. The Bertz CT molecular complexity index is 580. The van der Waals surface area contributed by atoms with Crippen molar-refractivity contribution in [2.75, 3.05) is 0 Å². The molecule has 1 heterocycles. The molecule has 0 aliphatic carbocycles. The van der Waals surface area contributed by atoms with Crippen LogP contribution in [0.15, 0.2) is 24.4 Å². The molecule has 2 N–H and O–H groups in total. The number of hydrogen-bond acceptors (Lipinski definition) is 2. The first-order valence-electron chi connectivity index (χ1n) is 6.43. The standard InChI is InChI=1S/C14H19BFNO2/c1-9(2)14(3,4)19-15(18)12-8-17-13-6-5-10(16)7-11(12)13/h5-9,17-18H,1-4H3. The number of aromatic amines is 1. The lowest BCUT2D eigenvalue weighted by molar-refractivity contribution is 0.0424. The molecule has 5 heteroatoms. The molecule has 0 aliphatic rings. The second-order valence-electron chi connectivity index (χ2n) is 5.66. The number of fused-ring (bicyclic) bond motifs is 1. The summed E-state index contributed by atoms with van der Waals surface area (Å²) in [6.45, 7) is 7.91. The molecule has 2 rings (SSSR count). The van der Waals surface area contributed by atoms with Gasteiger partial charge in [-0.05, 0) is 38.0 Å². The minimum Gasteiger partial charge on any atom is -0.423 e. The van der Waals surface area contributed by atoms with Gasteiger partial charge in [-0.25, -0.2) is 4.39 Å². The highest BCUT2D eigenvalue weighted by Gasteiger charge is 2.31. The van der Waals surface area contributed by atoms with Crippen molar-refractivity contribution >= 4 is 23.5 Å². The van der Waals surface area contributed by atoms with Crippen molar-refractivity contribution in [1.82, 2.24) is 4.98 Å². The second-order valence-corrected chi connectivity index (χ2v) is 5.66. The van der Waals surface area contributed by atoms with E-state index in [4.69, 9.17) is 4.65 Å². The monoisotopic (exact) mass is 263 g/mol.